The van der Waals surface area contributed by atoms with Gasteiger partial charge in [0.05, 0.1) is 17.3 Å². The molecule has 0 aliphatic carbocycles. The van der Waals surface area contributed by atoms with Crippen molar-refractivity contribution >= 4 is 23.1 Å². The molecule has 0 unspecified atom stereocenters. The van der Waals surface area contributed by atoms with Crippen LogP contribution < -0.4 is 11.1 Å². The molecule has 0 aliphatic heterocycles. The van der Waals surface area contributed by atoms with E-state index in [0.29, 0.717) is 29.5 Å². The Balaban J connectivity index is 2.98. The number of benzene rings is 1. The molecule has 5 nitrogen and oxygen atoms in total. The maximum atomic E-state index is 12.9. The van der Waals surface area contributed by atoms with Gasteiger partial charge >= 0.3 is 5.97 Å². The predicted octanol–water partition coefficient (Wildman–Crippen LogP) is 5.94. The molecule has 0 saturated heterocycles. The van der Waals surface area contributed by atoms with Crippen LogP contribution in [0.1, 0.15) is 85.5 Å². The third-order valence-corrected chi connectivity index (χ3v) is 5.06. The summed E-state index contributed by atoms with van der Waals surface area (Å²) in [5.74, 6) is 0.340. The van der Waals surface area contributed by atoms with E-state index >= 15 is 0 Å². The number of nitrogen functional groups attached to an aromatic ring is 1. The lowest BCUT2D eigenvalue weighted by atomic mass is 9.90. The molecule has 1 aromatic carbocycles. The Morgan fingerprint density at radius 2 is 1.60 bits per heavy atom. The molecule has 0 heterocycles. The number of esters is 1. The number of ether oxygens (including phenoxy) is 1. The first-order valence-corrected chi connectivity index (χ1v) is 11.1. The van der Waals surface area contributed by atoms with Gasteiger partial charge in [0.2, 0.25) is 0 Å². The second-order valence-electron chi connectivity index (χ2n) is 10.4. The van der Waals surface area contributed by atoms with Crippen molar-refractivity contribution < 1.29 is 14.3 Å². The lowest BCUT2D eigenvalue weighted by Gasteiger charge is -2.28. The summed E-state index contributed by atoms with van der Waals surface area (Å²) in [5.41, 5.74) is 7.60. The molecule has 5 heteroatoms. The van der Waals surface area contributed by atoms with Gasteiger partial charge in [0.25, 0.3) is 0 Å². The molecule has 1 atom stereocenters. The average Bonchev–Trinajstić information content (AvgIpc) is 2.57. The van der Waals surface area contributed by atoms with E-state index in [1.807, 2.05) is 40.7 Å². The molecular weight excluding hydrogens is 376 g/mol. The summed E-state index contributed by atoms with van der Waals surface area (Å²) in [5, 5.41) is 3.51. The van der Waals surface area contributed by atoms with Crippen LogP contribution in [0.15, 0.2) is 18.2 Å². The third kappa shape index (κ3) is 8.37. The lowest BCUT2D eigenvalue weighted by molar-refractivity contribution is -0.160. The predicted molar refractivity (Wildman–Crippen MR) is 126 cm³/mol. The van der Waals surface area contributed by atoms with Crippen LogP contribution >= 0.6 is 0 Å². The van der Waals surface area contributed by atoms with Gasteiger partial charge in [-0.1, -0.05) is 41.5 Å². The molecule has 30 heavy (non-hydrogen) atoms. The highest BCUT2D eigenvalue weighted by Gasteiger charge is 2.28. The average molecular weight is 419 g/mol. The number of rotatable bonds is 10. The number of ketones is 1. The zero-order chi connectivity index (χ0) is 23.2. The highest BCUT2D eigenvalue weighted by atomic mass is 16.6. The van der Waals surface area contributed by atoms with Crippen LogP contribution in [0.3, 0.4) is 0 Å². The summed E-state index contributed by atoms with van der Waals surface area (Å²) in [6, 6.07) is 5.66. The SMILES string of the molecule is CC(C)C[C@H](CC(=O)c1ccc(NC(C(C)C)C(C)C)c(N)c1)C(=O)OC(C)(C)C. The summed E-state index contributed by atoms with van der Waals surface area (Å²) in [6.07, 6.45) is 0.736. The highest BCUT2D eigenvalue weighted by Crippen LogP contribution is 2.27. The van der Waals surface area contributed by atoms with E-state index in [1.54, 1.807) is 12.1 Å². The van der Waals surface area contributed by atoms with Gasteiger partial charge in [0.1, 0.15) is 5.60 Å². The van der Waals surface area contributed by atoms with Gasteiger partial charge in [-0.05, 0) is 63.1 Å². The minimum atomic E-state index is -0.573. The van der Waals surface area contributed by atoms with E-state index in [9.17, 15) is 9.59 Å². The number of carbonyl (C=O) groups excluding carboxylic acids is 2. The first-order chi connectivity index (χ1) is 13.7. The molecule has 0 aromatic heterocycles. The molecule has 0 aliphatic rings. The van der Waals surface area contributed by atoms with Gasteiger partial charge < -0.3 is 15.8 Å². The molecule has 0 fully saturated rings. The van der Waals surface area contributed by atoms with Crippen LogP contribution in [0.25, 0.3) is 0 Å². The minimum Gasteiger partial charge on any atom is -0.460 e. The van der Waals surface area contributed by atoms with Crippen molar-refractivity contribution in [2.24, 2.45) is 23.7 Å². The van der Waals surface area contributed by atoms with E-state index in [0.717, 1.165) is 5.69 Å². The maximum absolute atomic E-state index is 12.9. The van der Waals surface area contributed by atoms with Gasteiger partial charge in [-0.15, -0.1) is 0 Å². The lowest BCUT2D eigenvalue weighted by Crippen LogP contribution is -2.31. The molecule has 170 valence electrons. The maximum Gasteiger partial charge on any atom is 0.309 e. The fourth-order valence-corrected chi connectivity index (χ4v) is 3.71. The van der Waals surface area contributed by atoms with Crippen molar-refractivity contribution in [2.45, 2.75) is 86.8 Å². The van der Waals surface area contributed by atoms with Crippen molar-refractivity contribution in [1.29, 1.82) is 0 Å². The summed E-state index contributed by atoms with van der Waals surface area (Å²) >= 11 is 0. The number of hydrogen-bond acceptors (Lipinski definition) is 5. The van der Waals surface area contributed by atoms with Crippen molar-refractivity contribution in [3.8, 4) is 0 Å². The van der Waals surface area contributed by atoms with Crippen LogP contribution in [-0.2, 0) is 9.53 Å². The van der Waals surface area contributed by atoms with E-state index in [2.05, 4.69) is 33.0 Å². The molecule has 0 amide bonds. The van der Waals surface area contributed by atoms with Crippen LogP contribution in [0.2, 0.25) is 0 Å². The Morgan fingerprint density at radius 1 is 1.03 bits per heavy atom. The quantitative estimate of drug-likeness (QED) is 0.279. The molecule has 3 N–H and O–H groups in total. The molecule has 0 spiro atoms. The fourth-order valence-electron chi connectivity index (χ4n) is 3.71. The van der Waals surface area contributed by atoms with Crippen LogP contribution in [0, 0.1) is 23.7 Å². The standard InChI is InChI=1S/C25H42N2O3/c1-15(2)12-19(24(29)30-25(7,8)9)14-22(28)18-10-11-21(20(26)13-18)27-23(16(3)4)17(5)6/h10-11,13,15-17,19,23,27H,12,14,26H2,1-9H3/t19-/m1/s1. The van der Waals surface area contributed by atoms with Gasteiger partial charge in [-0.25, -0.2) is 0 Å². The summed E-state index contributed by atoms with van der Waals surface area (Å²) in [7, 11) is 0. The molecule has 1 rings (SSSR count). The highest BCUT2D eigenvalue weighted by molar-refractivity contribution is 5.99. The Bertz CT molecular complexity index is 710. The summed E-state index contributed by atoms with van der Waals surface area (Å²) < 4.78 is 5.54. The first-order valence-electron chi connectivity index (χ1n) is 11.1. The Kier molecular flexibility index (Phi) is 9.38. The van der Waals surface area contributed by atoms with Crippen LogP contribution in [-0.4, -0.2) is 23.4 Å². The van der Waals surface area contributed by atoms with Gasteiger partial charge in [-0.3, -0.25) is 9.59 Å². The van der Waals surface area contributed by atoms with Gasteiger partial charge in [0.15, 0.2) is 5.78 Å². The minimum absolute atomic E-state index is 0.0889. The van der Waals surface area contributed by atoms with Crippen LogP contribution in [0.4, 0.5) is 11.4 Å². The Labute approximate surface area is 183 Å². The van der Waals surface area contributed by atoms with Crippen molar-refractivity contribution in [1.82, 2.24) is 0 Å². The van der Waals surface area contributed by atoms with Crippen molar-refractivity contribution in [2.75, 3.05) is 11.1 Å². The van der Waals surface area contributed by atoms with E-state index in [1.165, 1.54) is 0 Å². The Hall–Kier alpha value is -2.04. The second-order valence-corrected chi connectivity index (χ2v) is 10.4. The largest absolute Gasteiger partial charge is 0.460 e. The van der Waals surface area contributed by atoms with Crippen LogP contribution in [0.5, 0.6) is 0 Å². The number of nitrogens with one attached hydrogen (secondary N) is 1. The normalized spacial score (nSPS) is 13.2. The summed E-state index contributed by atoms with van der Waals surface area (Å²) in [6.45, 7) is 18.3. The topological polar surface area (TPSA) is 81.4 Å². The summed E-state index contributed by atoms with van der Waals surface area (Å²) in [4.78, 5) is 25.5. The second kappa shape index (κ2) is 10.8. The molecule has 0 saturated carbocycles. The smallest absolute Gasteiger partial charge is 0.309 e. The van der Waals surface area contributed by atoms with Crippen molar-refractivity contribution in [3.05, 3.63) is 23.8 Å². The molecular formula is C25H42N2O3. The van der Waals surface area contributed by atoms with Crippen molar-refractivity contribution in [3.63, 3.8) is 0 Å². The fraction of sp³-hybridized carbons (Fsp3) is 0.680. The van der Waals surface area contributed by atoms with Gasteiger partial charge in [0, 0.05) is 18.0 Å². The number of hydrogen-bond donors (Lipinski definition) is 2. The zero-order valence-corrected chi connectivity index (χ0v) is 20.3. The molecule has 1 aromatic rings. The zero-order valence-electron chi connectivity index (χ0n) is 20.3. The third-order valence-electron chi connectivity index (χ3n) is 5.06. The number of Topliss-reactive ketones (excluding diaryl/α,β-unsaturated/α-hetero) is 1. The first kappa shape index (κ1) is 26.0. The molecule has 0 bridgehead atoms. The Morgan fingerprint density at radius 3 is 2.03 bits per heavy atom. The number of nitrogens with two attached hydrogens (primary N) is 1. The number of carbonyl (C=O) groups is 2. The van der Waals surface area contributed by atoms with E-state index in [4.69, 9.17) is 10.5 Å². The monoisotopic (exact) mass is 418 g/mol. The van der Waals surface area contributed by atoms with Gasteiger partial charge in [-0.2, -0.15) is 0 Å². The van der Waals surface area contributed by atoms with E-state index in [-0.39, 0.29) is 30.1 Å². The number of anilines is 2. The van der Waals surface area contributed by atoms with E-state index < -0.39 is 11.5 Å². The molecule has 0 radical (unpaired) electrons.